The van der Waals surface area contributed by atoms with Crippen molar-refractivity contribution in [3.63, 3.8) is 0 Å². The summed E-state index contributed by atoms with van der Waals surface area (Å²) >= 11 is 3.41. The molecule has 3 aromatic rings. The van der Waals surface area contributed by atoms with E-state index in [4.69, 9.17) is 5.73 Å². The predicted molar refractivity (Wildman–Crippen MR) is 115 cm³/mol. The molecule has 0 radical (unpaired) electrons. The summed E-state index contributed by atoms with van der Waals surface area (Å²) in [6, 6.07) is 17.0. The van der Waals surface area contributed by atoms with Crippen LogP contribution in [0.3, 0.4) is 0 Å². The number of allylic oxidation sites excluding steroid dienone is 2. The van der Waals surface area contributed by atoms with E-state index in [9.17, 15) is 4.79 Å². The van der Waals surface area contributed by atoms with Crippen molar-refractivity contribution in [3.8, 4) is 0 Å². The zero-order valence-corrected chi connectivity index (χ0v) is 16.6. The fraction of sp³-hybridized carbons (Fsp3) is 0.0455. The highest BCUT2D eigenvalue weighted by Gasteiger charge is 2.26. The second kappa shape index (κ2) is 7.40. The predicted octanol–water partition coefficient (Wildman–Crippen LogP) is 4.62. The van der Waals surface area contributed by atoms with Crippen LogP contribution in [0.4, 0.5) is 11.5 Å². The molecule has 3 heterocycles. The van der Waals surface area contributed by atoms with Gasteiger partial charge in [0, 0.05) is 34.8 Å². The van der Waals surface area contributed by atoms with Gasteiger partial charge in [0.25, 0.3) is 0 Å². The molecule has 1 aromatic carbocycles. The molecule has 1 aliphatic heterocycles. The summed E-state index contributed by atoms with van der Waals surface area (Å²) in [6.07, 6.45) is 3.33. The summed E-state index contributed by atoms with van der Waals surface area (Å²) in [5.41, 5.74) is 10.1. The van der Waals surface area contributed by atoms with Crippen molar-refractivity contribution < 1.29 is 4.79 Å². The number of fused-ring (bicyclic) bond motifs is 1. The highest BCUT2D eigenvalue weighted by Crippen LogP contribution is 2.37. The number of hydrogen-bond donors (Lipinski definition) is 1. The van der Waals surface area contributed by atoms with E-state index < -0.39 is 0 Å². The van der Waals surface area contributed by atoms with E-state index >= 15 is 0 Å². The molecule has 2 aromatic heterocycles. The maximum absolute atomic E-state index is 13.1. The summed E-state index contributed by atoms with van der Waals surface area (Å²) < 4.78 is 0.771. The molecule has 0 fully saturated rings. The number of para-hydroxylation sites is 1. The summed E-state index contributed by atoms with van der Waals surface area (Å²) in [6.45, 7) is 4.70. The maximum Gasteiger partial charge on any atom is 0.196 e. The van der Waals surface area contributed by atoms with Crippen LogP contribution in [0.15, 0.2) is 83.7 Å². The van der Waals surface area contributed by atoms with Crippen LogP contribution < -0.4 is 10.6 Å². The van der Waals surface area contributed by atoms with E-state index in [1.807, 2.05) is 53.6 Å². The van der Waals surface area contributed by atoms with E-state index in [1.165, 1.54) is 6.20 Å². The molecule has 0 amide bonds. The quantitative estimate of drug-likeness (QED) is 0.480. The van der Waals surface area contributed by atoms with Crippen LogP contribution in [0.2, 0.25) is 0 Å². The Hall–Kier alpha value is -3.25. The Morgan fingerprint density at radius 1 is 1.11 bits per heavy atom. The normalized spacial score (nSPS) is 13.1. The molecule has 138 valence electrons. The number of halogens is 1. The Kier molecular flexibility index (Phi) is 4.79. The number of Topliss-reactive ketones (excluding diaryl/α,β-unsaturated/α-hetero) is 1. The Balaban J connectivity index is 1.75. The molecular weight excluding hydrogens is 416 g/mol. The SMILES string of the molecule is C=C1C(C(=O)c2ccc(N)nc2)=CN(Cc2cccc(Br)n2)c2ccccc21. The summed E-state index contributed by atoms with van der Waals surface area (Å²) in [4.78, 5) is 23.7. The third kappa shape index (κ3) is 3.46. The zero-order chi connectivity index (χ0) is 19.7. The van der Waals surface area contributed by atoms with Crippen molar-refractivity contribution in [2.24, 2.45) is 0 Å². The van der Waals surface area contributed by atoms with Gasteiger partial charge in [0.05, 0.1) is 12.2 Å². The van der Waals surface area contributed by atoms with Crippen molar-refractivity contribution in [2.45, 2.75) is 6.54 Å². The van der Waals surface area contributed by atoms with Crippen LogP contribution in [-0.2, 0) is 6.54 Å². The first-order valence-corrected chi connectivity index (χ1v) is 9.47. The number of carbonyl (C=O) groups excluding carboxylic acids is 1. The van der Waals surface area contributed by atoms with Crippen molar-refractivity contribution in [3.05, 3.63) is 101 Å². The number of aromatic nitrogens is 2. The van der Waals surface area contributed by atoms with E-state index in [0.717, 1.165) is 21.5 Å². The van der Waals surface area contributed by atoms with Crippen LogP contribution in [0.25, 0.3) is 5.57 Å². The number of nitrogens with zero attached hydrogens (tertiary/aromatic N) is 3. The molecule has 0 saturated heterocycles. The third-order valence-corrected chi connectivity index (χ3v) is 4.99. The van der Waals surface area contributed by atoms with Gasteiger partial charge in [0.15, 0.2) is 5.78 Å². The number of benzene rings is 1. The molecule has 0 spiro atoms. The molecule has 6 heteroatoms. The van der Waals surface area contributed by atoms with Gasteiger partial charge >= 0.3 is 0 Å². The molecule has 0 unspecified atom stereocenters. The molecule has 0 aliphatic carbocycles. The minimum Gasteiger partial charge on any atom is -0.384 e. The number of nitrogens with two attached hydrogens (primary N) is 1. The van der Waals surface area contributed by atoms with Gasteiger partial charge in [0.2, 0.25) is 0 Å². The molecule has 4 rings (SSSR count). The first-order chi connectivity index (χ1) is 13.5. The lowest BCUT2D eigenvalue weighted by atomic mass is 9.90. The van der Waals surface area contributed by atoms with Gasteiger partial charge in [-0.1, -0.05) is 30.8 Å². The summed E-state index contributed by atoms with van der Waals surface area (Å²) in [5.74, 6) is 0.236. The molecule has 2 N–H and O–H groups in total. The highest BCUT2D eigenvalue weighted by molar-refractivity contribution is 9.10. The molecule has 28 heavy (non-hydrogen) atoms. The maximum atomic E-state index is 13.1. The second-order valence-electron chi connectivity index (χ2n) is 6.42. The first kappa shape index (κ1) is 18.1. The van der Waals surface area contributed by atoms with Gasteiger partial charge in [-0.2, -0.15) is 0 Å². The van der Waals surface area contributed by atoms with Crippen molar-refractivity contribution in [1.29, 1.82) is 0 Å². The van der Waals surface area contributed by atoms with Crippen LogP contribution >= 0.6 is 15.9 Å². The average molecular weight is 433 g/mol. The van der Waals surface area contributed by atoms with Crippen LogP contribution in [0, 0.1) is 0 Å². The number of nitrogen functional groups attached to an aromatic ring is 1. The number of ketones is 1. The monoisotopic (exact) mass is 432 g/mol. The third-order valence-electron chi connectivity index (χ3n) is 4.55. The van der Waals surface area contributed by atoms with E-state index in [1.54, 1.807) is 12.1 Å². The van der Waals surface area contributed by atoms with Crippen LogP contribution in [-0.4, -0.2) is 15.8 Å². The van der Waals surface area contributed by atoms with Crippen molar-refractivity contribution >= 4 is 38.8 Å². The van der Waals surface area contributed by atoms with Gasteiger partial charge in [0.1, 0.15) is 10.4 Å². The minimum absolute atomic E-state index is 0.140. The van der Waals surface area contributed by atoms with Gasteiger partial charge in [-0.25, -0.2) is 9.97 Å². The fourth-order valence-electron chi connectivity index (χ4n) is 3.16. The van der Waals surface area contributed by atoms with Gasteiger partial charge in [-0.05, 0) is 51.8 Å². The lowest BCUT2D eigenvalue weighted by Crippen LogP contribution is -2.24. The number of rotatable bonds is 4. The Morgan fingerprint density at radius 3 is 2.68 bits per heavy atom. The van der Waals surface area contributed by atoms with Gasteiger partial charge < -0.3 is 10.6 Å². The highest BCUT2D eigenvalue weighted by atomic mass is 79.9. The molecule has 1 aliphatic rings. The van der Waals surface area contributed by atoms with Gasteiger partial charge in [-0.15, -0.1) is 0 Å². The van der Waals surface area contributed by atoms with Crippen molar-refractivity contribution in [1.82, 2.24) is 9.97 Å². The molecule has 0 bridgehead atoms. The Bertz CT molecular complexity index is 1110. The second-order valence-corrected chi connectivity index (χ2v) is 7.23. The topological polar surface area (TPSA) is 72.1 Å². The van der Waals surface area contributed by atoms with Gasteiger partial charge in [-0.3, -0.25) is 4.79 Å². The number of anilines is 2. The smallest absolute Gasteiger partial charge is 0.196 e. The van der Waals surface area contributed by atoms with E-state index in [0.29, 0.717) is 29.1 Å². The molecule has 0 atom stereocenters. The zero-order valence-electron chi connectivity index (χ0n) is 15.0. The molecule has 5 nitrogen and oxygen atoms in total. The molecule has 0 saturated carbocycles. The van der Waals surface area contributed by atoms with E-state index in [-0.39, 0.29) is 5.78 Å². The largest absolute Gasteiger partial charge is 0.384 e. The standard InChI is InChI=1S/C22H17BrN4O/c1-14-17-6-2-3-7-19(17)27(12-16-5-4-8-20(23)26-16)13-18(14)22(28)15-9-10-21(24)25-11-15/h2-11,13H,1,12H2,(H2,24,25). The number of carbonyl (C=O) groups is 1. The van der Waals surface area contributed by atoms with Crippen molar-refractivity contribution in [2.75, 3.05) is 10.6 Å². The first-order valence-electron chi connectivity index (χ1n) is 8.68. The molecular formula is C22H17BrN4O. The number of pyridine rings is 2. The lowest BCUT2D eigenvalue weighted by molar-refractivity contribution is 0.103. The lowest BCUT2D eigenvalue weighted by Gasteiger charge is -2.30. The van der Waals surface area contributed by atoms with E-state index in [2.05, 4.69) is 32.5 Å². The van der Waals surface area contributed by atoms with Crippen LogP contribution in [0.5, 0.6) is 0 Å². The summed E-state index contributed by atoms with van der Waals surface area (Å²) in [7, 11) is 0. The Morgan fingerprint density at radius 2 is 1.93 bits per heavy atom. The minimum atomic E-state index is -0.140. The van der Waals surface area contributed by atoms with Crippen LogP contribution in [0.1, 0.15) is 21.6 Å². The average Bonchev–Trinajstić information content (AvgIpc) is 2.70. The number of hydrogen-bond acceptors (Lipinski definition) is 5. The fourth-order valence-corrected chi connectivity index (χ4v) is 3.54. The Labute approximate surface area is 171 Å². The summed E-state index contributed by atoms with van der Waals surface area (Å²) in [5, 5.41) is 0.